The molecule has 0 spiro atoms. The standard InChI is InChI=1S/C10H10BrN3O/c1-13-7-12-14(10(13)15)6-8-3-2-4-9(11)5-8/h2-5,7H,6H2,1H3. The second-order valence-corrected chi connectivity index (χ2v) is 4.23. The van der Waals surface area contributed by atoms with Crippen molar-refractivity contribution in [1.29, 1.82) is 0 Å². The van der Waals surface area contributed by atoms with Crippen molar-refractivity contribution in [3.8, 4) is 0 Å². The van der Waals surface area contributed by atoms with E-state index < -0.39 is 0 Å². The molecule has 1 heterocycles. The van der Waals surface area contributed by atoms with Crippen molar-refractivity contribution < 1.29 is 0 Å². The van der Waals surface area contributed by atoms with Crippen molar-refractivity contribution in [1.82, 2.24) is 14.3 Å². The van der Waals surface area contributed by atoms with Crippen LogP contribution in [0.3, 0.4) is 0 Å². The predicted octanol–water partition coefficient (Wildman–Crippen LogP) is 1.39. The first-order chi connectivity index (χ1) is 7.16. The lowest BCUT2D eigenvalue weighted by atomic mass is 10.2. The van der Waals surface area contributed by atoms with E-state index in [9.17, 15) is 4.79 Å². The van der Waals surface area contributed by atoms with Crippen molar-refractivity contribution in [2.45, 2.75) is 6.54 Å². The smallest absolute Gasteiger partial charge is 0.285 e. The lowest BCUT2D eigenvalue weighted by molar-refractivity contribution is 0.646. The molecule has 0 aliphatic heterocycles. The lowest BCUT2D eigenvalue weighted by Gasteiger charge is -2.00. The van der Waals surface area contributed by atoms with E-state index in [4.69, 9.17) is 0 Å². The third-order valence-electron chi connectivity index (χ3n) is 2.11. The van der Waals surface area contributed by atoms with Crippen molar-refractivity contribution in [2.75, 3.05) is 0 Å². The number of aryl methyl sites for hydroxylation is 1. The van der Waals surface area contributed by atoms with Crippen molar-refractivity contribution in [3.05, 3.63) is 51.1 Å². The van der Waals surface area contributed by atoms with Gasteiger partial charge < -0.3 is 0 Å². The fraction of sp³-hybridized carbons (Fsp3) is 0.200. The Hall–Kier alpha value is -1.36. The monoisotopic (exact) mass is 267 g/mol. The Bertz CT molecular complexity index is 529. The fourth-order valence-corrected chi connectivity index (χ4v) is 1.78. The fourth-order valence-electron chi connectivity index (χ4n) is 1.34. The average Bonchev–Trinajstić information content (AvgIpc) is 2.50. The zero-order chi connectivity index (χ0) is 10.8. The quantitative estimate of drug-likeness (QED) is 0.825. The summed E-state index contributed by atoms with van der Waals surface area (Å²) < 4.78 is 3.89. The second kappa shape index (κ2) is 4.02. The van der Waals surface area contributed by atoms with E-state index in [2.05, 4.69) is 21.0 Å². The number of nitrogens with zero attached hydrogens (tertiary/aromatic N) is 3. The minimum absolute atomic E-state index is 0.102. The van der Waals surface area contributed by atoms with Crippen LogP contribution in [0.4, 0.5) is 0 Å². The molecule has 0 aliphatic rings. The van der Waals surface area contributed by atoms with Gasteiger partial charge in [0, 0.05) is 11.5 Å². The molecule has 0 N–H and O–H groups in total. The van der Waals surface area contributed by atoms with Crippen LogP contribution in [0.15, 0.2) is 39.9 Å². The highest BCUT2D eigenvalue weighted by molar-refractivity contribution is 9.10. The molecule has 78 valence electrons. The van der Waals surface area contributed by atoms with Gasteiger partial charge in [0.2, 0.25) is 0 Å². The van der Waals surface area contributed by atoms with Gasteiger partial charge in [-0.2, -0.15) is 5.10 Å². The molecule has 0 aliphatic carbocycles. The van der Waals surface area contributed by atoms with E-state index in [1.807, 2.05) is 24.3 Å². The Morgan fingerprint density at radius 3 is 2.87 bits per heavy atom. The van der Waals surface area contributed by atoms with Crippen molar-refractivity contribution >= 4 is 15.9 Å². The Morgan fingerprint density at radius 2 is 2.27 bits per heavy atom. The van der Waals surface area contributed by atoms with Gasteiger partial charge >= 0.3 is 5.69 Å². The van der Waals surface area contributed by atoms with E-state index in [1.165, 1.54) is 15.6 Å². The van der Waals surface area contributed by atoms with Crippen LogP contribution in [-0.2, 0) is 13.6 Å². The molecule has 0 saturated carbocycles. The molecule has 0 fully saturated rings. The van der Waals surface area contributed by atoms with Gasteiger partial charge in [-0.3, -0.25) is 4.57 Å². The highest BCUT2D eigenvalue weighted by atomic mass is 79.9. The van der Waals surface area contributed by atoms with Gasteiger partial charge in [-0.15, -0.1) is 0 Å². The molecule has 5 heteroatoms. The summed E-state index contributed by atoms with van der Waals surface area (Å²) in [6.07, 6.45) is 1.51. The van der Waals surface area contributed by atoms with Crippen molar-refractivity contribution in [3.63, 3.8) is 0 Å². The molecular weight excluding hydrogens is 258 g/mol. The third kappa shape index (κ3) is 2.18. The average molecular weight is 268 g/mol. The molecule has 0 amide bonds. The molecular formula is C10H10BrN3O. The summed E-state index contributed by atoms with van der Waals surface area (Å²) in [7, 11) is 1.69. The predicted molar refractivity (Wildman–Crippen MR) is 60.7 cm³/mol. The highest BCUT2D eigenvalue weighted by Gasteiger charge is 2.02. The number of aromatic nitrogens is 3. The SMILES string of the molecule is Cn1cnn(Cc2cccc(Br)c2)c1=O. The Labute approximate surface area is 95.3 Å². The third-order valence-corrected chi connectivity index (χ3v) is 2.60. The first kappa shape index (κ1) is 10.2. The molecule has 2 aromatic rings. The van der Waals surface area contributed by atoms with Crippen LogP contribution >= 0.6 is 15.9 Å². The van der Waals surface area contributed by atoms with Gasteiger partial charge in [-0.1, -0.05) is 28.1 Å². The van der Waals surface area contributed by atoms with Crippen molar-refractivity contribution in [2.24, 2.45) is 7.05 Å². The summed E-state index contributed by atoms with van der Waals surface area (Å²) in [4.78, 5) is 11.5. The molecule has 4 nitrogen and oxygen atoms in total. The first-order valence-corrected chi connectivity index (χ1v) is 5.29. The molecule has 0 unspecified atom stereocenters. The molecule has 2 rings (SSSR count). The molecule has 0 saturated heterocycles. The summed E-state index contributed by atoms with van der Waals surface area (Å²) >= 11 is 3.39. The zero-order valence-corrected chi connectivity index (χ0v) is 9.81. The number of benzene rings is 1. The minimum Gasteiger partial charge on any atom is -0.285 e. The van der Waals surface area contributed by atoms with Gasteiger partial charge in [-0.05, 0) is 17.7 Å². The highest BCUT2D eigenvalue weighted by Crippen LogP contribution is 2.11. The molecule has 1 aromatic heterocycles. The Morgan fingerprint density at radius 1 is 1.47 bits per heavy atom. The normalized spacial score (nSPS) is 10.5. The maximum Gasteiger partial charge on any atom is 0.345 e. The van der Waals surface area contributed by atoms with Crippen LogP contribution < -0.4 is 5.69 Å². The number of halogens is 1. The summed E-state index contributed by atoms with van der Waals surface area (Å²) in [6, 6.07) is 7.82. The van der Waals surface area contributed by atoms with Crippen LogP contribution in [-0.4, -0.2) is 14.3 Å². The number of hydrogen-bond acceptors (Lipinski definition) is 2. The molecule has 1 aromatic carbocycles. The van der Waals surface area contributed by atoms with Gasteiger partial charge in [0.1, 0.15) is 6.33 Å². The van der Waals surface area contributed by atoms with Gasteiger partial charge in [0.25, 0.3) is 0 Å². The molecule has 15 heavy (non-hydrogen) atoms. The topological polar surface area (TPSA) is 39.8 Å². The van der Waals surface area contributed by atoms with Gasteiger partial charge in [0.05, 0.1) is 6.54 Å². The minimum atomic E-state index is -0.102. The van der Waals surface area contributed by atoms with Crippen LogP contribution in [0.2, 0.25) is 0 Å². The summed E-state index contributed by atoms with van der Waals surface area (Å²) in [5, 5.41) is 3.99. The molecule has 0 radical (unpaired) electrons. The second-order valence-electron chi connectivity index (χ2n) is 3.31. The molecule has 0 atom stereocenters. The maximum absolute atomic E-state index is 11.5. The van der Waals surface area contributed by atoms with Gasteiger partial charge in [0.15, 0.2) is 0 Å². The summed E-state index contributed by atoms with van der Waals surface area (Å²) in [5.74, 6) is 0. The Kier molecular flexibility index (Phi) is 2.73. The first-order valence-electron chi connectivity index (χ1n) is 4.50. The molecule has 0 bridgehead atoms. The lowest BCUT2D eigenvalue weighted by Crippen LogP contribution is -2.23. The van der Waals surface area contributed by atoms with Crippen LogP contribution in [0.5, 0.6) is 0 Å². The van der Waals surface area contributed by atoms with E-state index in [0.29, 0.717) is 6.54 Å². The summed E-state index contributed by atoms with van der Waals surface area (Å²) in [5.41, 5.74) is 0.945. The van der Waals surface area contributed by atoms with Crippen LogP contribution in [0.1, 0.15) is 5.56 Å². The van der Waals surface area contributed by atoms with E-state index >= 15 is 0 Å². The van der Waals surface area contributed by atoms with E-state index in [0.717, 1.165) is 10.0 Å². The van der Waals surface area contributed by atoms with E-state index in [-0.39, 0.29) is 5.69 Å². The number of hydrogen-bond donors (Lipinski definition) is 0. The van der Waals surface area contributed by atoms with E-state index in [1.54, 1.807) is 7.05 Å². The summed E-state index contributed by atoms with van der Waals surface area (Å²) in [6.45, 7) is 0.499. The number of rotatable bonds is 2. The zero-order valence-electron chi connectivity index (χ0n) is 8.22. The maximum atomic E-state index is 11.5. The largest absolute Gasteiger partial charge is 0.345 e. The van der Waals surface area contributed by atoms with Gasteiger partial charge in [-0.25, -0.2) is 9.48 Å². The van der Waals surface area contributed by atoms with Crippen LogP contribution in [0, 0.1) is 0 Å². The van der Waals surface area contributed by atoms with Crippen LogP contribution in [0.25, 0.3) is 0 Å². The Balaban J connectivity index is 2.30.